The molecule has 0 bridgehead atoms. The van der Waals surface area contributed by atoms with Gasteiger partial charge >= 0.3 is 0 Å². The molecule has 0 saturated carbocycles. The number of allylic oxidation sites excluding steroid dienone is 1. The molecule has 0 amide bonds. The van der Waals surface area contributed by atoms with Gasteiger partial charge in [-0.25, -0.2) is 0 Å². The van der Waals surface area contributed by atoms with Gasteiger partial charge in [0.05, 0.1) is 19.3 Å². The van der Waals surface area contributed by atoms with Crippen molar-refractivity contribution < 1.29 is 39.8 Å². The third-order valence-corrected chi connectivity index (χ3v) is 5.32. The highest BCUT2D eigenvalue weighted by atomic mass is 16.5. The zero-order valence-electron chi connectivity index (χ0n) is 17.2. The molecule has 2 aromatic rings. The second-order valence-electron chi connectivity index (χ2n) is 7.47. The van der Waals surface area contributed by atoms with Crippen LogP contribution >= 0.6 is 0 Å². The summed E-state index contributed by atoms with van der Waals surface area (Å²) in [6.45, 7) is 1.36. The Bertz CT molecular complexity index is 951. The molecular formula is C23H26O8. The largest absolute Gasteiger partial charge is 0.507 e. The Morgan fingerprint density at radius 3 is 2.39 bits per heavy atom. The fourth-order valence-corrected chi connectivity index (χ4v) is 3.48. The maximum atomic E-state index is 12.7. The number of rotatable bonds is 6. The highest BCUT2D eigenvalue weighted by molar-refractivity contribution is 6.08. The lowest BCUT2D eigenvalue weighted by Crippen LogP contribution is -2.55. The first-order chi connectivity index (χ1) is 14.8. The van der Waals surface area contributed by atoms with Crippen LogP contribution in [0.1, 0.15) is 33.2 Å². The van der Waals surface area contributed by atoms with Gasteiger partial charge in [0.2, 0.25) is 0 Å². The molecule has 0 spiro atoms. The Morgan fingerprint density at radius 2 is 1.77 bits per heavy atom. The number of benzene rings is 2. The number of hydrogen-bond acceptors (Lipinski definition) is 8. The smallest absolute Gasteiger partial charge is 0.189 e. The first-order valence-electron chi connectivity index (χ1n) is 9.77. The van der Waals surface area contributed by atoms with Crippen molar-refractivity contribution in [2.24, 2.45) is 0 Å². The SMILES string of the molecule is COc1cc(O)c(C(=O)C=Cc2ccc(C)cc2)cc1C1OC(CO)C(O)C(O)C1O. The molecule has 1 aliphatic rings. The number of carbonyl (C=O) groups is 1. The summed E-state index contributed by atoms with van der Waals surface area (Å²) in [5, 5.41) is 50.3. The van der Waals surface area contributed by atoms with Crippen molar-refractivity contribution in [2.75, 3.05) is 13.7 Å². The molecule has 1 fully saturated rings. The second kappa shape index (κ2) is 9.59. The number of ketones is 1. The van der Waals surface area contributed by atoms with Crippen LogP contribution in [0.2, 0.25) is 0 Å². The average molecular weight is 430 g/mol. The fourth-order valence-electron chi connectivity index (χ4n) is 3.48. The van der Waals surface area contributed by atoms with Crippen molar-refractivity contribution in [3.05, 3.63) is 64.7 Å². The molecule has 8 heteroatoms. The molecule has 0 aliphatic carbocycles. The molecule has 1 saturated heterocycles. The number of aryl methyl sites for hydroxylation is 1. The number of phenols is 1. The summed E-state index contributed by atoms with van der Waals surface area (Å²) in [5.41, 5.74) is 2.02. The number of phenolic OH excluding ortho intramolecular Hbond substituents is 1. The van der Waals surface area contributed by atoms with E-state index in [-0.39, 0.29) is 22.6 Å². The Balaban J connectivity index is 1.95. The van der Waals surface area contributed by atoms with Gasteiger partial charge in [-0.1, -0.05) is 35.9 Å². The lowest BCUT2D eigenvalue weighted by molar-refractivity contribution is -0.232. The monoisotopic (exact) mass is 430 g/mol. The number of aliphatic hydroxyl groups is 4. The minimum absolute atomic E-state index is 0.0591. The van der Waals surface area contributed by atoms with Crippen molar-refractivity contribution in [1.82, 2.24) is 0 Å². The Hall–Kier alpha value is -2.75. The summed E-state index contributed by atoms with van der Waals surface area (Å²) < 4.78 is 10.8. The van der Waals surface area contributed by atoms with Crippen molar-refractivity contribution in [3.63, 3.8) is 0 Å². The molecule has 0 aromatic heterocycles. The average Bonchev–Trinajstić information content (AvgIpc) is 2.77. The molecule has 31 heavy (non-hydrogen) atoms. The molecular weight excluding hydrogens is 404 g/mol. The van der Waals surface area contributed by atoms with Crippen molar-refractivity contribution in [2.45, 2.75) is 37.4 Å². The van der Waals surface area contributed by atoms with Crippen molar-refractivity contribution >= 4 is 11.9 Å². The quantitative estimate of drug-likeness (QED) is 0.340. The fraction of sp³-hybridized carbons (Fsp3) is 0.348. The van der Waals surface area contributed by atoms with Gasteiger partial charge < -0.3 is 35.0 Å². The molecule has 8 nitrogen and oxygen atoms in total. The summed E-state index contributed by atoms with van der Waals surface area (Å²) in [4.78, 5) is 12.7. The van der Waals surface area contributed by atoms with E-state index in [4.69, 9.17) is 9.47 Å². The Morgan fingerprint density at radius 1 is 1.10 bits per heavy atom. The third-order valence-electron chi connectivity index (χ3n) is 5.32. The third kappa shape index (κ3) is 4.79. The van der Waals surface area contributed by atoms with E-state index >= 15 is 0 Å². The molecule has 1 aliphatic heterocycles. The van der Waals surface area contributed by atoms with Gasteiger partial charge in [-0.15, -0.1) is 0 Å². The molecule has 0 radical (unpaired) electrons. The van der Waals surface area contributed by atoms with Crippen LogP contribution in [-0.2, 0) is 4.74 Å². The predicted molar refractivity (Wildman–Crippen MR) is 112 cm³/mol. The van der Waals surface area contributed by atoms with Crippen LogP contribution < -0.4 is 4.74 Å². The molecule has 5 atom stereocenters. The van der Waals surface area contributed by atoms with Gasteiger partial charge in [-0.05, 0) is 24.6 Å². The normalized spacial score (nSPS) is 26.2. The van der Waals surface area contributed by atoms with Crippen LogP contribution in [0.3, 0.4) is 0 Å². The second-order valence-corrected chi connectivity index (χ2v) is 7.47. The van der Waals surface area contributed by atoms with E-state index < -0.39 is 42.9 Å². The molecule has 1 heterocycles. The summed E-state index contributed by atoms with van der Waals surface area (Å²) in [6, 6.07) is 10.0. The van der Waals surface area contributed by atoms with Crippen molar-refractivity contribution in [1.29, 1.82) is 0 Å². The van der Waals surface area contributed by atoms with E-state index in [0.717, 1.165) is 11.1 Å². The molecule has 166 valence electrons. The van der Waals surface area contributed by atoms with Crippen LogP contribution in [0.25, 0.3) is 6.08 Å². The highest BCUT2D eigenvalue weighted by Gasteiger charge is 2.45. The maximum Gasteiger partial charge on any atom is 0.189 e. The van der Waals surface area contributed by atoms with E-state index in [9.17, 15) is 30.3 Å². The van der Waals surface area contributed by atoms with E-state index in [1.54, 1.807) is 6.08 Å². The topological polar surface area (TPSA) is 137 Å². The molecule has 2 aromatic carbocycles. The lowest BCUT2D eigenvalue weighted by atomic mass is 9.89. The maximum absolute atomic E-state index is 12.7. The number of carbonyl (C=O) groups excluding carboxylic acids is 1. The Kier molecular flexibility index (Phi) is 7.09. The first kappa shape index (κ1) is 22.9. The van der Waals surface area contributed by atoms with E-state index in [1.807, 2.05) is 31.2 Å². The summed E-state index contributed by atoms with van der Waals surface area (Å²) >= 11 is 0. The van der Waals surface area contributed by atoms with Crippen LogP contribution in [0.15, 0.2) is 42.5 Å². The van der Waals surface area contributed by atoms with Crippen LogP contribution in [0.5, 0.6) is 11.5 Å². The lowest BCUT2D eigenvalue weighted by Gasteiger charge is -2.40. The number of aromatic hydroxyl groups is 1. The number of ether oxygens (including phenoxy) is 2. The zero-order valence-corrected chi connectivity index (χ0v) is 17.2. The molecule has 5 unspecified atom stereocenters. The highest BCUT2D eigenvalue weighted by Crippen LogP contribution is 2.40. The number of aliphatic hydroxyl groups excluding tert-OH is 4. The van der Waals surface area contributed by atoms with Gasteiger partial charge in [-0.2, -0.15) is 0 Å². The van der Waals surface area contributed by atoms with Gasteiger partial charge in [0.25, 0.3) is 0 Å². The van der Waals surface area contributed by atoms with Crippen LogP contribution in [0, 0.1) is 6.92 Å². The van der Waals surface area contributed by atoms with Gasteiger partial charge in [-0.3, -0.25) is 4.79 Å². The molecule has 5 N–H and O–H groups in total. The van der Waals surface area contributed by atoms with E-state index in [1.165, 1.54) is 25.3 Å². The minimum Gasteiger partial charge on any atom is -0.507 e. The standard InChI is InChI=1S/C23H26O8/c1-12-3-5-13(6-4-12)7-8-16(25)14-9-15(18(30-2)10-17(14)26)23-22(29)21(28)20(27)19(11-24)31-23/h3-10,19-24,26-29H,11H2,1-2H3. The number of hydrogen-bond donors (Lipinski definition) is 5. The Labute approximate surface area is 179 Å². The summed E-state index contributed by atoms with van der Waals surface area (Å²) in [5.74, 6) is -0.712. The first-order valence-corrected chi connectivity index (χ1v) is 9.77. The minimum atomic E-state index is -1.59. The predicted octanol–water partition coefficient (Wildman–Crippen LogP) is 1.12. The summed E-state index contributed by atoms with van der Waals surface area (Å²) in [7, 11) is 1.33. The van der Waals surface area contributed by atoms with E-state index in [0.29, 0.717) is 0 Å². The van der Waals surface area contributed by atoms with Crippen molar-refractivity contribution in [3.8, 4) is 11.5 Å². The van der Waals surface area contributed by atoms with Crippen LogP contribution in [-0.4, -0.2) is 69.4 Å². The molecule has 3 rings (SSSR count). The van der Waals surface area contributed by atoms with Gasteiger partial charge in [0.15, 0.2) is 5.78 Å². The van der Waals surface area contributed by atoms with Crippen LogP contribution in [0.4, 0.5) is 0 Å². The zero-order chi connectivity index (χ0) is 22.7. The summed E-state index contributed by atoms with van der Waals surface area (Å²) in [6.07, 6.45) is -4.07. The van der Waals surface area contributed by atoms with Gasteiger partial charge in [0, 0.05) is 11.6 Å². The van der Waals surface area contributed by atoms with E-state index in [2.05, 4.69) is 0 Å². The van der Waals surface area contributed by atoms with Gasteiger partial charge in [0.1, 0.15) is 42.0 Å². The number of methoxy groups -OCH3 is 1.